The van der Waals surface area contributed by atoms with Gasteiger partial charge in [0, 0.05) is 25.6 Å². The molecule has 2 aliphatic heterocycles. The van der Waals surface area contributed by atoms with Crippen LogP contribution in [0.2, 0.25) is 5.15 Å². The summed E-state index contributed by atoms with van der Waals surface area (Å²) in [5, 5.41) is 0.497. The molecule has 0 N–H and O–H groups in total. The molecule has 0 aromatic carbocycles. The van der Waals surface area contributed by atoms with E-state index in [2.05, 4.69) is 9.88 Å². The Morgan fingerprint density at radius 2 is 2.10 bits per heavy atom. The number of fused-ring (bicyclic) bond motifs is 1. The summed E-state index contributed by atoms with van der Waals surface area (Å²) in [5.74, 6) is 0.521. The van der Waals surface area contributed by atoms with E-state index in [0.717, 1.165) is 25.3 Å². The zero-order chi connectivity index (χ0) is 15.2. The lowest BCUT2D eigenvalue weighted by atomic mass is 9.93. The van der Waals surface area contributed by atoms with E-state index < -0.39 is 5.60 Å². The summed E-state index contributed by atoms with van der Waals surface area (Å²) in [6, 6.07) is 4.01. The molecule has 3 heterocycles. The number of halogens is 1. The van der Waals surface area contributed by atoms with Crippen LogP contribution in [0.15, 0.2) is 18.3 Å². The van der Waals surface area contributed by atoms with Gasteiger partial charge in [0.15, 0.2) is 0 Å². The van der Waals surface area contributed by atoms with E-state index >= 15 is 0 Å². The van der Waals surface area contributed by atoms with Crippen LogP contribution >= 0.6 is 11.6 Å². The van der Waals surface area contributed by atoms with Gasteiger partial charge in [0.25, 0.3) is 0 Å². The van der Waals surface area contributed by atoms with E-state index in [1.807, 2.05) is 31.7 Å². The van der Waals surface area contributed by atoms with Gasteiger partial charge in [-0.1, -0.05) is 11.6 Å². The minimum absolute atomic E-state index is 0.208. The molecule has 1 amide bonds. The maximum Gasteiger partial charge on any atom is 0.410 e. The Labute approximate surface area is 129 Å². The first-order chi connectivity index (χ1) is 9.83. The van der Waals surface area contributed by atoms with Crippen LogP contribution in [-0.4, -0.2) is 47.3 Å². The van der Waals surface area contributed by atoms with Crippen molar-refractivity contribution in [3.05, 3.63) is 23.5 Å². The molecule has 2 saturated heterocycles. The molecule has 0 aliphatic carbocycles. The van der Waals surface area contributed by atoms with E-state index in [1.54, 1.807) is 12.3 Å². The van der Waals surface area contributed by atoms with Gasteiger partial charge in [-0.3, -0.25) is 0 Å². The SMILES string of the molecule is CC(C)(C)OC(=O)N1C[C@@H]2CN(c3ccc(Cl)nc3)C[C@@H]21. The second-order valence-corrected chi connectivity index (χ2v) is 7.09. The number of ether oxygens (including phenoxy) is 1. The van der Waals surface area contributed by atoms with Crippen molar-refractivity contribution in [1.29, 1.82) is 0 Å². The molecule has 2 aliphatic rings. The molecule has 1 aromatic rings. The van der Waals surface area contributed by atoms with Crippen molar-refractivity contribution in [1.82, 2.24) is 9.88 Å². The predicted molar refractivity (Wildman–Crippen MR) is 81.7 cm³/mol. The lowest BCUT2D eigenvalue weighted by molar-refractivity contribution is -0.0163. The van der Waals surface area contributed by atoms with Gasteiger partial charge in [-0.05, 0) is 32.9 Å². The maximum absolute atomic E-state index is 12.1. The summed E-state index contributed by atoms with van der Waals surface area (Å²) in [7, 11) is 0. The van der Waals surface area contributed by atoms with Crippen LogP contribution in [0.5, 0.6) is 0 Å². The fraction of sp³-hybridized carbons (Fsp3) is 0.600. The molecule has 2 atom stereocenters. The largest absolute Gasteiger partial charge is 0.444 e. The van der Waals surface area contributed by atoms with Gasteiger partial charge in [-0.15, -0.1) is 0 Å². The van der Waals surface area contributed by atoms with Crippen molar-refractivity contribution in [3.8, 4) is 0 Å². The summed E-state index contributed by atoms with van der Waals surface area (Å²) < 4.78 is 5.45. The molecule has 6 heteroatoms. The summed E-state index contributed by atoms with van der Waals surface area (Å²) in [6.45, 7) is 8.23. The first-order valence-electron chi connectivity index (χ1n) is 7.19. The third-order valence-electron chi connectivity index (χ3n) is 3.94. The van der Waals surface area contributed by atoms with Crippen LogP contribution in [-0.2, 0) is 4.74 Å². The number of pyridine rings is 1. The number of anilines is 1. The van der Waals surface area contributed by atoms with E-state index in [9.17, 15) is 4.79 Å². The van der Waals surface area contributed by atoms with Crippen molar-refractivity contribution in [3.63, 3.8) is 0 Å². The average Bonchev–Trinajstić information content (AvgIpc) is 2.66. The number of hydrogen-bond acceptors (Lipinski definition) is 4. The number of aromatic nitrogens is 1. The summed E-state index contributed by atoms with van der Waals surface area (Å²) in [6.07, 6.45) is 1.57. The number of hydrogen-bond donors (Lipinski definition) is 0. The molecule has 21 heavy (non-hydrogen) atoms. The average molecular weight is 310 g/mol. The maximum atomic E-state index is 12.1. The zero-order valence-corrected chi connectivity index (χ0v) is 13.3. The summed E-state index contributed by atoms with van der Waals surface area (Å²) in [5.41, 5.74) is 0.610. The van der Waals surface area contributed by atoms with E-state index in [0.29, 0.717) is 11.1 Å². The summed E-state index contributed by atoms with van der Waals surface area (Å²) in [4.78, 5) is 20.3. The normalized spacial score (nSPS) is 24.6. The Morgan fingerprint density at radius 1 is 1.33 bits per heavy atom. The van der Waals surface area contributed by atoms with Gasteiger partial charge in [0.05, 0.1) is 17.9 Å². The van der Waals surface area contributed by atoms with Gasteiger partial charge < -0.3 is 14.5 Å². The predicted octanol–water partition coefficient (Wildman–Crippen LogP) is 2.79. The number of likely N-dealkylation sites (tertiary alicyclic amines) is 1. The highest BCUT2D eigenvalue weighted by molar-refractivity contribution is 6.29. The molecule has 3 rings (SSSR count). The van der Waals surface area contributed by atoms with E-state index in [-0.39, 0.29) is 12.1 Å². The Hall–Kier alpha value is -1.49. The third kappa shape index (κ3) is 2.93. The van der Waals surface area contributed by atoms with Gasteiger partial charge >= 0.3 is 6.09 Å². The minimum atomic E-state index is -0.444. The topological polar surface area (TPSA) is 45.7 Å². The smallest absolute Gasteiger partial charge is 0.410 e. The van der Waals surface area contributed by atoms with E-state index in [1.165, 1.54) is 0 Å². The first kappa shape index (κ1) is 14.4. The van der Waals surface area contributed by atoms with Crippen LogP contribution in [0.4, 0.5) is 10.5 Å². The molecular formula is C15H20ClN3O2. The molecule has 0 spiro atoms. The number of carbonyl (C=O) groups excluding carboxylic acids is 1. The van der Waals surface area contributed by atoms with Gasteiger partial charge in [0.2, 0.25) is 0 Å². The highest BCUT2D eigenvalue weighted by atomic mass is 35.5. The molecule has 2 fully saturated rings. The second-order valence-electron chi connectivity index (χ2n) is 6.70. The van der Waals surface area contributed by atoms with Gasteiger partial charge in [-0.2, -0.15) is 0 Å². The Kier molecular flexibility index (Phi) is 3.48. The van der Waals surface area contributed by atoms with E-state index in [4.69, 9.17) is 16.3 Å². The molecule has 0 radical (unpaired) electrons. The third-order valence-corrected chi connectivity index (χ3v) is 4.17. The van der Waals surface area contributed by atoms with Crippen LogP contribution in [0.1, 0.15) is 20.8 Å². The molecule has 0 bridgehead atoms. The fourth-order valence-corrected chi connectivity index (χ4v) is 3.04. The molecule has 5 nitrogen and oxygen atoms in total. The Morgan fingerprint density at radius 3 is 2.71 bits per heavy atom. The Balaban J connectivity index is 1.63. The lowest BCUT2D eigenvalue weighted by Crippen LogP contribution is -2.59. The number of rotatable bonds is 1. The van der Waals surface area contributed by atoms with Gasteiger partial charge in [0.1, 0.15) is 10.8 Å². The molecule has 0 unspecified atom stereocenters. The zero-order valence-electron chi connectivity index (χ0n) is 12.5. The summed E-state index contributed by atoms with van der Waals surface area (Å²) >= 11 is 5.82. The standard InChI is InChI=1S/C15H20ClN3O2/c1-15(2,3)21-14(20)19-8-10-7-18(9-12(10)19)11-4-5-13(16)17-6-11/h4-6,10,12H,7-9H2,1-3H3/t10-,12-/m0/s1. The van der Waals surface area contributed by atoms with Crippen molar-refractivity contribution in [2.24, 2.45) is 5.92 Å². The van der Waals surface area contributed by atoms with Crippen molar-refractivity contribution < 1.29 is 9.53 Å². The molecule has 1 aromatic heterocycles. The quantitative estimate of drug-likeness (QED) is 0.748. The van der Waals surface area contributed by atoms with Crippen LogP contribution in [0.25, 0.3) is 0 Å². The fourth-order valence-electron chi connectivity index (χ4n) is 2.93. The lowest BCUT2D eigenvalue weighted by Gasteiger charge is -2.43. The molecule has 114 valence electrons. The second kappa shape index (κ2) is 5.05. The van der Waals surface area contributed by atoms with Gasteiger partial charge in [-0.25, -0.2) is 9.78 Å². The minimum Gasteiger partial charge on any atom is -0.444 e. The molecule has 0 saturated carbocycles. The number of nitrogens with zero attached hydrogens (tertiary/aromatic N) is 3. The Bertz CT molecular complexity index is 541. The van der Waals surface area contributed by atoms with Crippen molar-refractivity contribution >= 4 is 23.4 Å². The molecular weight excluding hydrogens is 290 g/mol. The van der Waals surface area contributed by atoms with Crippen molar-refractivity contribution in [2.75, 3.05) is 24.5 Å². The first-order valence-corrected chi connectivity index (χ1v) is 7.57. The number of amides is 1. The highest BCUT2D eigenvalue weighted by Crippen LogP contribution is 2.35. The van der Waals surface area contributed by atoms with Crippen LogP contribution < -0.4 is 4.90 Å². The van der Waals surface area contributed by atoms with Crippen LogP contribution in [0, 0.1) is 5.92 Å². The number of carbonyl (C=O) groups is 1. The monoisotopic (exact) mass is 309 g/mol. The highest BCUT2D eigenvalue weighted by Gasteiger charge is 2.49. The van der Waals surface area contributed by atoms with Crippen molar-refractivity contribution in [2.45, 2.75) is 32.4 Å². The van der Waals surface area contributed by atoms with Crippen LogP contribution in [0.3, 0.4) is 0 Å².